The Balaban J connectivity index is 1.85. The van der Waals surface area contributed by atoms with Gasteiger partial charge in [0, 0.05) is 34.3 Å². The van der Waals surface area contributed by atoms with Gasteiger partial charge < -0.3 is 14.6 Å². The number of anilines is 1. The van der Waals surface area contributed by atoms with E-state index in [4.69, 9.17) is 11.6 Å². The quantitative estimate of drug-likeness (QED) is 0.170. The number of aromatic nitrogens is 4. The van der Waals surface area contributed by atoms with E-state index in [1.165, 1.54) is 41.9 Å². The molecule has 0 aliphatic carbocycles. The lowest BCUT2D eigenvalue weighted by molar-refractivity contribution is -0.135. The van der Waals surface area contributed by atoms with Crippen molar-refractivity contribution in [3.8, 4) is 11.3 Å². The molecule has 0 unspecified atom stereocenters. The lowest BCUT2D eigenvalue weighted by atomic mass is 9.96. The maximum Gasteiger partial charge on any atom is 0.379 e. The predicted octanol–water partition coefficient (Wildman–Crippen LogP) is 4.36. The summed E-state index contributed by atoms with van der Waals surface area (Å²) in [5, 5.41) is 7.54. The van der Waals surface area contributed by atoms with Crippen LogP contribution in [0, 0.1) is 5.41 Å². The van der Waals surface area contributed by atoms with Crippen LogP contribution in [0.3, 0.4) is 0 Å². The van der Waals surface area contributed by atoms with Gasteiger partial charge in [-0.15, -0.1) is 11.3 Å². The Labute approximate surface area is 243 Å². The molecular weight excluding hydrogens is 570 g/mol. The Hall–Kier alpha value is -4.42. The van der Waals surface area contributed by atoms with Crippen LogP contribution >= 0.6 is 22.9 Å². The third-order valence-electron chi connectivity index (χ3n) is 5.92. The molecule has 0 fully saturated rings. The van der Waals surface area contributed by atoms with Gasteiger partial charge in [0.1, 0.15) is 17.2 Å². The fourth-order valence-electron chi connectivity index (χ4n) is 3.83. The number of carbonyl (C=O) groups excluding carboxylic acids is 4. The number of nitrogens with zero attached hydrogens (tertiary/aromatic N) is 4. The number of halogens is 1. The Morgan fingerprint density at radius 1 is 1.10 bits per heavy atom. The number of esters is 1. The molecule has 13 heteroatoms. The molecule has 0 aliphatic rings. The smallest absolute Gasteiger partial charge is 0.379 e. The number of pyridine rings is 2. The minimum absolute atomic E-state index is 0.0498. The standard InChI is InChI=1S/C28H26ClN5O6S/c1-28(2,3)27(39)34-22(31-14-16-8-9-21(29)41-16)13-19(32-34)23-17(24(36)26(38)40-4)10-12-33(25(23)37)15-20(35)18-7-5-6-11-30-18/h5-13,31H,14-15H2,1-4H3. The summed E-state index contributed by atoms with van der Waals surface area (Å²) in [5.74, 6) is -2.86. The second-order valence-electron chi connectivity index (χ2n) is 9.94. The van der Waals surface area contributed by atoms with Gasteiger partial charge in [0.05, 0.1) is 30.1 Å². The minimum Gasteiger partial charge on any atom is -0.463 e. The molecule has 0 aromatic carbocycles. The molecule has 0 atom stereocenters. The maximum atomic E-state index is 13.8. The number of rotatable bonds is 9. The lowest BCUT2D eigenvalue weighted by Gasteiger charge is -2.18. The van der Waals surface area contributed by atoms with Gasteiger partial charge >= 0.3 is 5.97 Å². The monoisotopic (exact) mass is 595 g/mol. The van der Waals surface area contributed by atoms with E-state index < -0.39 is 34.4 Å². The van der Waals surface area contributed by atoms with Gasteiger partial charge in [-0.3, -0.25) is 24.2 Å². The second-order valence-corrected chi connectivity index (χ2v) is 11.7. The Morgan fingerprint density at radius 2 is 1.85 bits per heavy atom. The number of Topliss-reactive ketones (excluding diaryl/α,β-unsaturated/α-hetero) is 2. The molecule has 41 heavy (non-hydrogen) atoms. The van der Waals surface area contributed by atoms with Crippen molar-refractivity contribution in [3.63, 3.8) is 0 Å². The third kappa shape index (κ3) is 6.50. The van der Waals surface area contributed by atoms with E-state index in [0.29, 0.717) is 10.9 Å². The molecule has 4 heterocycles. The zero-order valence-corrected chi connectivity index (χ0v) is 24.2. The predicted molar refractivity (Wildman–Crippen MR) is 154 cm³/mol. The molecule has 1 N–H and O–H groups in total. The van der Waals surface area contributed by atoms with Crippen LogP contribution in [0.15, 0.2) is 59.7 Å². The van der Waals surface area contributed by atoms with Crippen LogP contribution in [0.2, 0.25) is 4.34 Å². The van der Waals surface area contributed by atoms with Crippen molar-refractivity contribution in [1.29, 1.82) is 0 Å². The number of thiophene rings is 1. The summed E-state index contributed by atoms with van der Waals surface area (Å²) in [6, 6.07) is 11.1. The fourth-order valence-corrected chi connectivity index (χ4v) is 4.86. The molecular formula is C28H26ClN5O6S. The Morgan fingerprint density at radius 3 is 2.46 bits per heavy atom. The summed E-state index contributed by atoms with van der Waals surface area (Å²) in [6.45, 7) is 5.05. The van der Waals surface area contributed by atoms with Crippen LogP contribution in [-0.2, 0) is 22.6 Å². The maximum absolute atomic E-state index is 13.8. The lowest BCUT2D eigenvalue weighted by Crippen LogP contribution is -2.30. The molecule has 0 amide bonds. The molecule has 11 nitrogen and oxygen atoms in total. The highest BCUT2D eigenvalue weighted by Crippen LogP contribution is 2.28. The second kappa shape index (κ2) is 12.0. The van der Waals surface area contributed by atoms with Gasteiger partial charge in [-0.05, 0) is 30.3 Å². The molecule has 0 bridgehead atoms. The van der Waals surface area contributed by atoms with Crippen LogP contribution in [0.1, 0.15) is 51.3 Å². The topological polar surface area (TPSA) is 142 Å². The molecule has 0 aliphatic heterocycles. The van der Waals surface area contributed by atoms with Gasteiger partial charge in [-0.25, -0.2) is 4.79 Å². The van der Waals surface area contributed by atoms with Crippen molar-refractivity contribution >= 4 is 52.2 Å². The first-order valence-corrected chi connectivity index (χ1v) is 13.5. The summed E-state index contributed by atoms with van der Waals surface area (Å²) < 4.78 is 7.39. The Kier molecular flexibility index (Phi) is 8.64. The van der Waals surface area contributed by atoms with E-state index >= 15 is 0 Å². The van der Waals surface area contributed by atoms with Crippen molar-refractivity contribution in [2.45, 2.75) is 33.9 Å². The van der Waals surface area contributed by atoms with Crippen LogP contribution in [0.5, 0.6) is 0 Å². The first-order valence-electron chi connectivity index (χ1n) is 12.3. The molecule has 4 aromatic heterocycles. The summed E-state index contributed by atoms with van der Waals surface area (Å²) in [7, 11) is 1.04. The highest BCUT2D eigenvalue weighted by molar-refractivity contribution is 7.16. The van der Waals surface area contributed by atoms with Gasteiger partial charge in [0.2, 0.25) is 5.78 Å². The molecule has 0 saturated heterocycles. The highest BCUT2D eigenvalue weighted by atomic mass is 35.5. The van der Waals surface area contributed by atoms with E-state index in [2.05, 4.69) is 20.1 Å². The minimum atomic E-state index is -1.19. The Bertz CT molecular complexity index is 1700. The van der Waals surface area contributed by atoms with Crippen LogP contribution in [-0.4, -0.2) is 49.9 Å². The van der Waals surface area contributed by atoms with Crippen molar-refractivity contribution in [2.75, 3.05) is 12.4 Å². The van der Waals surface area contributed by atoms with Gasteiger partial charge in [-0.2, -0.15) is 9.78 Å². The average molecular weight is 596 g/mol. The number of nitrogens with one attached hydrogen (secondary N) is 1. The van der Waals surface area contributed by atoms with E-state index in [-0.39, 0.29) is 34.9 Å². The van der Waals surface area contributed by atoms with Gasteiger partial charge in [0.15, 0.2) is 0 Å². The average Bonchev–Trinajstić information content (AvgIpc) is 3.57. The molecule has 0 spiro atoms. The summed E-state index contributed by atoms with van der Waals surface area (Å²) in [5.41, 5.74) is -2.08. The van der Waals surface area contributed by atoms with E-state index in [1.807, 2.05) is 6.07 Å². The number of methoxy groups -OCH3 is 1. The summed E-state index contributed by atoms with van der Waals surface area (Å²) in [6.07, 6.45) is 2.69. The van der Waals surface area contributed by atoms with E-state index in [0.717, 1.165) is 21.2 Å². The van der Waals surface area contributed by atoms with Gasteiger partial charge in [-0.1, -0.05) is 38.4 Å². The van der Waals surface area contributed by atoms with Crippen molar-refractivity contribution in [3.05, 3.63) is 85.7 Å². The first-order chi connectivity index (χ1) is 19.4. The van der Waals surface area contributed by atoms with Crippen LogP contribution < -0.4 is 10.9 Å². The number of ketones is 2. The number of hydrogen-bond donors (Lipinski definition) is 1. The third-order valence-corrected chi connectivity index (χ3v) is 7.15. The SMILES string of the molecule is COC(=O)C(=O)c1ccn(CC(=O)c2ccccn2)c(=O)c1-c1cc(NCc2ccc(Cl)s2)n(C(=O)C(C)(C)C)n1. The number of ether oxygens (including phenoxy) is 1. The molecule has 212 valence electrons. The van der Waals surface area contributed by atoms with Crippen molar-refractivity contribution < 1.29 is 23.9 Å². The van der Waals surface area contributed by atoms with Crippen LogP contribution in [0.25, 0.3) is 11.3 Å². The highest BCUT2D eigenvalue weighted by Gasteiger charge is 2.30. The zero-order chi connectivity index (χ0) is 29.9. The number of carbonyl (C=O) groups is 4. The summed E-state index contributed by atoms with van der Waals surface area (Å²) in [4.78, 5) is 70.0. The molecule has 0 radical (unpaired) electrons. The molecule has 4 aromatic rings. The van der Waals surface area contributed by atoms with Crippen molar-refractivity contribution in [2.24, 2.45) is 5.41 Å². The molecule has 4 rings (SSSR count). The largest absolute Gasteiger partial charge is 0.463 e. The van der Waals surface area contributed by atoms with Gasteiger partial charge in [0.25, 0.3) is 17.2 Å². The van der Waals surface area contributed by atoms with E-state index in [1.54, 1.807) is 39.0 Å². The summed E-state index contributed by atoms with van der Waals surface area (Å²) >= 11 is 7.40. The van der Waals surface area contributed by atoms with E-state index in [9.17, 15) is 24.0 Å². The number of hydrogen-bond acceptors (Lipinski definition) is 10. The van der Waals surface area contributed by atoms with Crippen molar-refractivity contribution in [1.82, 2.24) is 19.3 Å². The van der Waals surface area contributed by atoms with Crippen LogP contribution in [0.4, 0.5) is 5.82 Å². The zero-order valence-electron chi connectivity index (χ0n) is 22.6. The molecule has 0 saturated carbocycles. The fraction of sp³-hybridized carbons (Fsp3) is 0.250. The first kappa shape index (κ1) is 29.6. The normalized spacial score (nSPS) is 11.2.